The Morgan fingerprint density at radius 2 is 2.10 bits per heavy atom. The van der Waals surface area contributed by atoms with Gasteiger partial charge in [-0.05, 0) is 32.4 Å². The molecule has 2 rings (SSSR count). The molecule has 0 atom stereocenters. The number of unbranched alkanes of at least 4 members (excludes halogenated alkanes) is 1. The van der Waals surface area contributed by atoms with Crippen LogP contribution in [0.4, 0.5) is 5.82 Å². The molecule has 106 valence electrons. The molecule has 0 aromatic carbocycles. The molecule has 0 aliphatic rings. The molecule has 0 unspecified atom stereocenters. The van der Waals surface area contributed by atoms with Crippen LogP contribution < -0.4 is 5.32 Å². The molecule has 2 heterocycles. The molecule has 1 N–H and O–H groups in total. The Balaban J connectivity index is 2.13. The molecular formula is C15H20N4O. The van der Waals surface area contributed by atoms with Gasteiger partial charge >= 0.3 is 0 Å². The van der Waals surface area contributed by atoms with Gasteiger partial charge in [0.05, 0.1) is 17.5 Å². The number of carbonyl (C=O) groups is 1. The van der Waals surface area contributed by atoms with Gasteiger partial charge in [-0.3, -0.25) is 9.78 Å². The van der Waals surface area contributed by atoms with Crippen molar-refractivity contribution in [2.75, 3.05) is 5.32 Å². The highest BCUT2D eigenvalue weighted by molar-refractivity contribution is 6.04. The van der Waals surface area contributed by atoms with Crippen LogP contribution in [0.2, 0.25) is 0 Å². The number of hydrogen-bond acceptors (Lipinski definition) is 3. The minimum Gasteiger partial charge on any atom is -0.307 e. The molecule has 0 aliphatic carbocycles. The molecule has 0 saturated carbocycles. The van der Waals surface area contributed by atoms with Crippen LogP contribution >= 0.6 is 0 Å². The van der Waals surface area contributed by atoms with Gasteiger partial charge in [0.15, 0.2) is 0 Å². The Labute approximate surface area is 119 Å². The summed E-state index contributed by atoms with van der Waals surface area (Å²) in [6.45, 7) is 6.69. The molecule has 20 heavy (non-hydrogen) atoms. The van der Waals surface area contributed by atoms with Crippen molar-refractivity contribution in [2.45, 2.75) is 40.2 Å². The van der Waals surface area contributed by atoms with Gasteiger partial charge in [-0.2, -0.15) is 5.10 Å². The molecular weight excluding hydrogens is 252 g/mol. The Hall–Kier alpha value is -2.17. The summed E-state index contributed by atoms with van der Waals surface area (Å²) in [4.78, 5) is 16.6. The molecule has 0 spiro atoms. The quantitative estimate of drug-likeness (QED) is 0.910. The second kappa shape index (κ2) is 6.32. The predicted octanol–water partition coefficient (Wildman–Crippen LogP) is 2.95. The number of aromatic nitrogens is 3. The molecule has 0 aliphatic heterocycles. The maximum absolute atomic E-state index is 12.3. The van der Waals surface area contributed by atoms with Gasteiger partial charge in [-0.25, -0.2) is 4.68 Å². The van der Waals surface area contributed by atoms with Crippen molar-refractivity contribution < 1.29 is 4.79 Å². The number of amides is 1. The van der Waals surface area contributed by atoms with E-state index in [2.05, 4.69) is 22.3 Å². The van der Waals surface area contributed by atoms with Crippen molar-refractivity contribution >= 4 is 11.7 Å². The first-order valence-electron chi connectivity index (χ1n) is 6.89. The minimum atomic E-state index is -0.145. The summed E-state index contributed by atoms with van der Waals surface area (Å²) >= 11 is 0. The Bertz CT molecular complexity index is 604. The average Bonchev–Trinajstić information content (AvgIpc) is 2.83. The number of aryl methyl sites for hydroxylation is 3. The summed E-state index contributed by atoms with van der Waals surface area (Å²) in [5.41, 5.74) is 2.24. The standard InChI is InChI=1S/C15H20N4O/c1-4-5-10-19-14(8-9-16-19)18-15(20)13-7-6-11(2)17-12(13)3/h6-9H,4-5,10H2,1-3H3,(H,18,20). The third-order valence-corrected chi connectivity index (χ3v) is 3.15. The van der Waals surface area contributed by atoms with Crippen LogP contribution in [-0.4, -0.2) is 20.7 Å². The van der Waals surface area contributed by atoms with E-state index in [1.807, 2.05) is 30.7 Å². The fraction of sp³-hybridized carbons (Fsp3) is 0.400. The van der Waals surface area contributed by atoms with E-state index in [-0.39, 0.29) is 5.91 Å². The summed E-state index contributed by atoms with van der Waals surface area (Å²) in [5.74, 6) is 0.580. The average molecular weight is 272 g/mol. The van der Waals surface area contributed by atoms with Gasteiger partial charge in [-0.15, -0.1) is 0 Å². The van der Waals surface area contributed by atoms with Crippen LogP contribution in [0.5, 0.6) is 0 Å². The van der Waals surface area contributed by atoms with Crippen LogP contribution in [0.3, 0.4) is 0 Å². The van der Waals surface area contributed by atoms with Crippen molar-refractivity contribution in [1.29, 1.82) is 0 Å². The maximum Gasteiger partial charge on any atom is 0.258 e. The highest BCUT2D eigenvalue weighted by Crippen LogP contribution is 2.12. The lowest BCUT2D eigenvalue weighted by atomic mass is 10.2. The lowest BCUT2D eigenvalue weighted by Gasteiger charge is -2.10. The van der Waals surface area contributed by atoms with Gasteiger partial charge < -0.3 is 5.32 Å². The van der Waals surface area contributed by atoms with Gasteiger partial charge in [0.1, 0.15) is 5.82 Å². The zero-order valence-corrected chi connectivity index (χ0v) is 12.2. The summed E-state index contributed by atoms with van der Waals surface area (Å²) in [6, 6.07) is 5.46. The number of nitrogens with zero attached hydrogens (tertiary/aromatic N) is 3. The molecule has 2 aromatic heterocycles. The highest BCUT2D eigenvalue weighted by atomic mass is 16.1. The lowest BCUT2D eigenvalue weighted by Crippen LogP contribution is -2.17. The van der Waals surface area contributed by atoms with Gasteiger partial charge in [0.2, 0.25) is 0 Å². The van der Waals surface area contributed by atoms with Crippen molar-refractivity contribution in [3.05, 3.63) is 41.3 Å². The predicted molar refractivity (Wildman–Crippen MR) is 78.8 cm³/mol. The number of anilines is 1. The van der Waals surface area contributed by atoms with Crippen LogP contribution in [-0.2, 0) is 6.54 Å². The summed E-state index contributed by atoms with van der Waals surface area (Å²) < 4.78 is 1.82. The second-order valence-corrected chi connectivity index (χ2v) is 4.83. The minimum absolute atomic E-state index is 0.145. The van der Waals surface area contributed by atoms with E-state index in [4.69, 9.17) is 0 Å². The zero-order valence-electron chi connectivity index (χ0n) is 12.2. The van der Waals surface area contributed by atoms with E-state index in [1.54, 1.807) is 12.3 Å². The smallest absolute Gasteiger partial charge is 0.258 e. The van der Waals surface area contributed by atoms with Crippen LogP contribution in [0.25, 0.3) is 0 Å². The molecule has 5 heteroatoms. The van der Waals surface area contributed by atoms with E-state index in [0.717, 1.165) is 36.6 Å². The fourth-order valence-electron chi connectivity index (χ4n) is 2.04. The summed E-state index contributed by atoms with van der Waals surface area (Å²) in [6.07, 6.45) is 3.83. The molecule has 0 radical (unpaired) electrons. The largest absolute Gasteiger partial charge is 0.307 e. The second-order valence-electron chi connectivity index (χ2n) is 4.83. The molecule has 0 saturated heterocycles. The maximum atomic E-state index is 12.3. The number of pyridine rings is 1. The third-order valence-electron chi connectivity index (χ3n) is 3.15. The third kappa shape index (κ3) is 3.23. The van der Waals surface area contributed by atoms with E-state index < -0.39 is 0 Å². The topological polar surface area (TPSA) is 59.8 Å². The van der Waals surface area contributed by atoms with Crippen molar-refractivity contribution in [2.24, 2.45) is 0 Å². The van der Waals surface area contributed by atoms with Crippen molar-refractivity contribution in [1.82, 2.24) is 14.8 Å². The van der Waals surface area contributed by atoms with Crippen LogP contribution in [0.15, 0.2) is 24.4 Å². The monoisotopic (exact) mass is 272 g/mol. The Kier molecular flexibility index (Phi) is 4.50. The normalized spacial score (nSPS) is 10.6. The van der Waals surface area contributed by atoms with E-state index in [9.17, 15) is 4.79 Å². The first-order valence-corrected chi connectivity index (χ1v) is 6.89. The van der Waals surface area contributed by atoms with E-state index >= 15 is 0 Å². The summed E-state index contributed by atoms with van der Waals surface area (Å²) in [7, 11) is 0. The van der Waals surface area contributed by atoms with E-state index in [1.165, 1.54) is 0 Å². The first kappa shape index (κ1) is 14.2. The number of carbonyl (C=O) groups excluding carboxylic acids is 1. The first-order chi connectivity index (χ1) is 9.61. The van der Waals surface area contributed by atoms with Crippen LogP contribution in [0, 0.1) is 13.8 Å². The lowest BCUT2D eigenvalue weighted by molar-refractivity contribution is 0.102. The number of rotatable bonds is 5. The number of nitrogens with one attached hydrogen (secondary N) is 1. The van der Waals surface area contributed by atoms with Crippen molar-refractivity contribution in [3.8, 4) is 0 Å². The molecule has 5 nitrogen and oxygen atoms in total. The highest BCUT2D eigenvalue weighted by Gasteiger charge is 2.12. The van der Waals surface area contributed by atoms with Gasteiger partial charge in [-0.1, -0.05) is 13.3 Å². The SMILES string of the molecule is CCCCn1nccc1NC(=O)c1ccc(C)nc1C. The Morgan fingerprint density at radius 1 is 1.30 bits per heavy atom. The van der Waals surface area contributed by atoms with E-state index in [0.29, 0.717) is 5.56 Å². The molecule has 2 aromatic rings. The zero-order chi connectivity index (χ0) is 14.5. The molecule has 1 amide bonds. The summed E-state index contributed by atoms with van der Waals surface area (Å²) in [5, 5.41) is 7.12. The van der Waals surface area contributed by atoms with Gasteiger partial charge in [0, 0.05) is 18.3 Å². The molecule has 0 bridgehead atoms. The molecule has 0 fully saturated rings. The fourth-order valence-corrected chi connectivity index (χ4v) is 2.04. The Morgan fingerprint density at radius 3 is 2.80 bits per heavy atom. The van der Waals surface area contributed by atoms with Crippen LogP contribution in [0.1, 0.15) is 41.5 Å². The van der Waals surface area contributed by atoms with Gasteiger partial charge in [0.25, 0.3) is 5.91 Å². The van der Waals surface area contributed by atoms with Crippen molar-refractivity contribution in [3.63, 3.8) is 0 Å². The number of hydrogen-bond donors (Lipinski definition) is 1.